The molecule has 5 heteroatoms. The Kier molecular flexibility index (Phi) is 4.88. The average molecular weight is 315 g/mol. The molecule has 0 spiro atoms. The maximum atomic E-state index is 13.2. The molecule has 2 heterocycles. The van der Waals surface area contributed by atoms with E-state index in [2.05, 4.69) is 9.80 Å². The van der Waals surface area contributed by atoms with Crippen molar-refractivity contribution in [1.29, 1.82) is 0 Å². The minimum atomic E-state index is -0.174. The van der Waals surface area contributed by atoms with Crippen LogP contribution in [0, 0.1) is 5.82 Å². The van der Waals surface area contributed by atoms with E-state index in [0.717, 1.165) is 50.4 Å². The normalized spacial score (nSPS) is 16.6. The van der Waals surface area contributed by atoms with E-state index >= 15 is 0 Å². The number of hydrogen-bond donors (Lipinski definition) is 0. The summed E-state index contributed by atoms with van der Waals surface area (Å²) >= 11 is 0. The van der Waals surface area contributed by atoms with Crippen LogP contribution in [0.1, 0.15) is 11.1 Å². The van der Waals surface area contributed by atoms with Crippen LogP contribution in [-0.2, 0) is 20.1 Å². The second-order valence-electron chi connectivity index (χ2n) is 6.17. The molecule has 3 rings (SSSR count). The maximum Gasteiger partial charge on any atom is 0.250 e. The molecule has 0 unspecified atom stereocenters. The minimum absolute atomic E-state index is 0.0345. The Balaban J connectivity index is 1.52. The molecular weight excluding hydrogens is 293 g/mol. The van der Waals surface area contributed by atoms with Crippen molar-refractivity contribution in [3.63, 3.8) is 0 Å². The van der Waals surface area contributed by atoms with Gasteiger partial charge in [0.1, 0.15) is 5.82 Å². The fourth-order valence-corrected chi connectivity index (χ4v) is 2.95. The number of hydrogen-bond acceptors (Lipinski definition) is 3. The van der Waals surface area contributed by atoms with Crippen molar-refractivity contribution in [1.82, 2.24) is 14.4 Å². The van der Waals surface area contributed by atoms with Gasteiger partial charge in [0.25, 0.3) is 5.56 Å². The zero-order valence-corrected chi connectivity index (χ0v) is 13.4. The van der Waals surface area contributed by atoms with Gasteiger partial charge in [0, 0.05) is 58.6 Å². The van der Waals surface area contributed by atoms with Crippen molar-refractivity contribution < 1.29 is 4.39 Å². The fourth-order valence-electron chi connectivity index (χ4n) is 2.95. The van der Waals surface area contributed by atoms with E-state index in [0.29, 0.717) is 0 Å². The summed E-state index contributed by atoms with van der Waals surface area (Å²) in [7, 11) is 1.76. The van der Waals surface area contributed by atoms with E-state index in [-0.39, 0.29) is 11.4 Å². The van der Waals surface area contributed by atoms with Gasteiger partial charge in [0.15, 0.2) is 0 Å². The molecule has 1 aliphatic heterocycles. The fraction of sp³-hybridized carbons (Fsp3) is 0.389. The molecule has 1 aromatic heterocycles. The van der Waals surface area contributed by atoms with Crippen molar-refractivity contribution >= 4 is 0 Å². The van der Waals surface area contributed by atoms with Gasteiger partial charge in [-0.2, -0.15) is 0 Å². The van der Waals surface area contributed by atoms with Gasteiger partial charge >= 0.3 is 0 Å². The van der Waals surface area contributed by atoms with Crippen LogP contribution >= 0.6 is 0 Å². The van der Waals surface area contributed by atoms with E-state index in [4.69, 9.17) is 0 Å². The monoisotopic (exact) mass is 315 g/mol. The van der Waals surface area contributed by atoms with Crippen LogP contribution in [0.4, 0.5) is 4.39 Å². The number of aryl methyl sites for hydroxylation is 1. The van der Waals surface area contributed by atoms with E-state index in [1.54, 1.807) is 29.8 Å². The highest BCUT2D eigenvalue weighted by Gasteiger charge is 2.17. The van der Waals surface area contributed by atoms with Gasteiger partial charge in [-0.1, -0.05) is 12.1 Å². The SMILES string of the molecule is Cn1ccc(CN2CCN(Cc3cccc(F)c3)CC2)cc1=O. The van der Waals surface area contributed by atoms with Gasteiger partial charge in [-0.15, -0.1) is 0 Å². The van der Waals surface area contributed by atoms with Crippen LogP contribution in [0.2, 0.25) is 0 Å². The highest BCUT2D eigenvalue weighted by molar-refractivity contribution is 5.16. The number of piperazine rings is 1. The molecule has 0 atom stereocenters. The number of benzene rings is 1. The summed E-state index contributed by atoms with van der Waals surface area (Å²) in [5, 5.41) is 0. The average Bonchev–Trinajstić information content (AvgIpc) is 2.53. The van der Waals surface area contributed by atoms with Crippen molar-refractivity contribution in [2.24, 2.45) is 7.05 Å². The van der Waals surface area contributed by atoms with E-state index in [1.807, 2.05) is 18.3 Å². The first-order valence-electron chi connectivity index (χ1n) is 7.95. The second-order valence-corrected chi connectivity index (χ2v) is 6.17. The molecule has 2 aromatic rings. The predicted molar refractivity (Wildman–Crippen MR) is 88.6 cm³/mol. The number of rotatable bonds is 4. The number of nitrogens with zero attached hydrogens (tertiary/aromatic N) is 3. The lowest BCUT2D eigenvalue weighted by molar-refractivity contribution is 0.122. The smallest absolute Gasteiger partial charge is 0.250 e. The van der Waals surface area contributed by atoms with Gasteiger partial charge in [-0.3, -0.25) is 14.6 Å². The molecule has 4 nitrogen and oxygen atoms in total. The highest BCUT2D eigenvalue weighted by atomic mass is 19.1. The molecule has 1 saturated heterocycles. The van der Waals surface area contributed by atoms with Crippen LogP contribution in [-0.4, -0.2) is 40.5 Å². The quantitative estimate of drug-likeness (QED) is 0.862. The molecule has 122 valence electrons. The summed E-state index contributed by atoms with van der Waals surface area (Å²) in [5.41, 5.74) is 2.11. The largest absolute Gasteiger partial charge is 0.319 e. The third-order valence-electron chi connectivity index (χ3n) is 4.34. The molecule has 1 aromatic carbocycles. The van der Waals surface area contributed by atoms with Crippen molar-refractivity contribution in [3.8, 4) is 0 Å². The number of pyridine rings is 1. The molecule has 0 saturated carbocycles. The van der Waals surface area contributed by atoms with Crippen molar-refractivity contribution in [3.05, 3.63) is 69.9 Å². The molecule has 1 fully saturated rings. The van der Waals surface area contributed by atoms with Crippen LogP contribution in [0.15, 0.2) is 47.4 Å². The lowest BCUT2D eigenvalue weighted by atomic mass is 10.2. The zero-order valence-electron chi connectivity index (χ0n) is 13.4. The Morgan fingerprint density at radius 2 is 1.57 bits per heavy atom. The summed E-state index contributed by atoms with van der Waals surface area (Å²) in [5.74, 6) is -0.174. The minimum Gasteiger partial charge on any atom is -0.319 e. The second kappa shape index (κ2) is 7.06. The van der Waals surface area contributed by atoms with Crippen LogP contribution < -0.4 is 5.56 Å². The molecule has 0 aliphatic carbocycles. The lowest BCUT2D eigenvalue weighted by Crippen LogP contribution is -2.45. The summed E-state index contributed by atoms with van der Waals surface area (Å²) < 4.78 is 14.8. The number of aromatic nitrogens is 1. The Bertz CT molecular complexity index is 720. The summed E-state index contributed by atoms with van der Waals surface area (Å²) in [6, 6.07) is 10.5. The third kappa shape index (κ3) is 4.27. The van der Waals surface area contributed by atoms with E-state index in [1.165, 1.54) is 6.07 Å². The Labute approximate surface area is 135 Å². The Hall–Kier alpha value is -1.98. The topological polar surface area (TPSA) is 28.5 Å². The Morgan fingerprint density at radius 3 is 2.13 bits per heavy atom. The summed E-state index contributed by atoms with van der Waals surface area (Å²) in [4.78, 5) is 16.4. The molecule has 1 aliphatic rings. The first-order valence-corrected chi connectivity index (χ1v) is 7.95. The molecular formula is C18H22FN3O. The summed E-state index contributed by atoms with van der Waals surface area (Å²) in [6.45, 7) is 5.44. The first kappa shape index (κ1) is 15.9. The van der Waals surface area contributed by atoms with Crippen LogP contribution in [0.25, 0.3) is 0 Å². The lowest BCUT2D eigenvalue weighted by Gasteiger charge is -2.34. The number of halogens is 1. The third-order valence-corrected chi connectivity index (χ3v) is 4.34. The maximum absolute atomic E-state index is 13.2. The van der Waals surface area contributed by atoms with Gasteiger partial charge in [-0.05, 0) is 29.3 Å². The molecule has 23 heavy (non-hydrogen) atoms. The van der Waals surface area contributed by atoms with Crippen LogP contribution in [0.3, 0.4) is 0 Å². The standard InChI is InChI=1S/C18H22FN3O/c1-20-6-5-16(12-18(20)23)14-22-9-7-21(8-10-22)13-15-3-2-4-17(19)11-15/h2-6,11-12H,7-10,13-14H2,1H3. The first-order chi connectivity index (χ1) is 11.1. The zero-order chi connectivity index (χ0) is 16.2. The van der Waals surface area contributed by atoms with Crippen molar-refractivity contribution in [2.75, 3.05) is 26.2 Å². The van der Waals surface area contributed by atoms with E-state index in [9.17, 15) is 9.18 Å². The van der Waals surface area contributed by atoms with E-state index < -0.39 is 0 Å². The summed E-state index contributed by atoms with van der Waals surface area (Å²) in [6.07, 6.45) is 1.82. The van der Waals surface area contributed by atoms with Gasteiger partial charge in [0.2, 0.25) is 0 Å². The molecule has 0 bridgehead atoms. The van der Waals surface area contributed by atoms with Gasteiger partial charge in [0.05, 0.1) is 0 Å². The molecule has 0 N–H and O–H groups in total. The van der Waals surface area contributed by atoms with Crippen molar-refractivity contribution in [2.45, 2.75) is 13.1 Å². The van der Waals surface area contributed by atoms with Crippen LogP contribution in [0.5, 0.6) is 0 Å². The van der Waals surface area contributed by atoms with Gasteiger partial charge < -0.3 is 4.57 Å². The molecule has 0 amide bonds. The Morgan fingerprint density at radius 1 is 0.957 bits per heavy atom. The van der Waals surface area contributed by atoms with Gasteiger partial charge in [-0.25, -0.2) is 4.39 Å². The predicted octanol–water partition coefficient (Wildman–Crippen LogP) is 1.84. The highest BCUT2D eigenvalue weighted by Crippen LogP contribution is 2.11. The molecule has 0 radical (unpaired) electrons.